The van der Waals surface area contributed by atoms with E-state index in [0.29, 0.717) is 41.5 Å². The van der Waals surface area contributed by atoms with Gasteiger partial charge in [0, 0.05) is 22.3 Å². The summed E-state index contributed by atoms with van der Waals surface area (Å²) in [6, 6.07) is 12.8. The first-order valence-electron chi connectivity index (χ1n) is 8.52. The Morgan fingerprint density at radius 1 is 1.04 bits per heavy atom. The van der Waals surface area contributed by atoms with Gasteiger partial charge in [0.05, 0.1) is 0 Å². The number of rotatable bonds is 6. The van der Waals surface area contributed by atoms with E-state index < -0.39 is 5.41 Å². The summed E-state index contributed by atoms with van der Waals surface area (Å²) in [6.45, 7) is 2.31. The Kier molecular flexibility index (Phi) is 5.54. The Morgan fingerprint density at radius 2 is 1.73 bits per heavy atom. The zero-order valence-corrected chi connectivity index (χ0v) is 16.0. The van der Waals surface area contributed by atoms with Crippen molar-refractivity contribution in [3.05, 3.63) is 63.6 Å². The van der Waals surface area contributed by atoms with Crippen LogP contribution in [0, 0.1) is 12.3 Å². The van der Waals surface area contributed by atoms with Crippen LogP contribution in [0.4, 0.5) is 5.69 Å². The Bertz CT molecular complexity index is 830. The number of amides is 2. The highest BCUT2D eigenvalue weighted by Crippen LogP contribution is 2.47. The average Bonchev–Trinajstić information content (AvgIpc) is 3.42. The minimum Gasteiger partial charge on any atom is -0.355 e. The monoisotopic (exact) mass is 390 g/mol. The van der Waals surface area contributed by atoms with Gasteiger partial charge >= 0.3 is 0 Å². The van der Waals surface area contributed by atoms with E-state index in [-0.39, 0.29) is 11.8 Å². The first-order valence-corrected chi connectivity index (χ1v) is 9.27. The first kappa shape index (κ1) is 18.7. The fraction of sp³-hybridized carbons (Fsp3) is 0.300. The standard InChI is InChI=1S/C20H20Cl2N2O2/c1-13-16(22)3-2-4-17(13)24-19(26)20(10-11-20)18(25)23-12-9-14-5-7-15(21)8-6-14/h2-8H,9-12H2,1H3,(H,23,25)(H,24,26). The summed E-state index contributed by atoms with van der Waals surface area (Å²) >= 11 is 12.0. The van der Waals surface area contributed by atoms with Gasteiger partial charge in [-0.3, -0.25) is 9.59 Å². The Labute approximate surface area is 162 Å². The zero-order valence-electron chi connectivity index (χ0n) is 14.4. The fourth-order valence-corrected chi connectivity index (χ4v) is 3.11. The molecule has 0 atom stereocenters. The second kappa shape index (κ2) is 7.68. The quantitative estimate of drug-likeness (QED) is 0.718. The number of anilines is 1. The van der Waals surface area contributed by atoms with Crippen LogP contribution in [-0.2, 0) is 16.0 Å². The molecule has 0 bridgehead atoms. The van der Waals surface area contributed by atoms with Crippen molar-refractivity contribution in [2.45, 2.75) is 26.2 Å². The van der Waals surface area contributed by atoms with Crippen LogP contribution in [-0.4, -0.2) is 18.4 Å². The van der Waals surface area contributed by atoms with Crippen LogP contribution in [0.2, 0.25) is 10.0 Å². The third-order valence-corrected chi connectivity index (χ3v) is 5.41. The highest BCUT2D eigenvalue weighted by Gasteiger charge is 2.56. The third-order valence-electron chi connectivity index (χ3n) is 4.75. The molecule has 0 spiro atoms. The van der Waals surface area contributed by atoms with Gasteiger partial charge in [-0.25, -0.2) is 0 Å². The van der Waals surface area contributed by atoms with Crippen LogP contribution in [0.1, 0.15) is 24.0 Å². The van der Waals surface area contributed by atoms with E-state index in [1.165, 1.54) is 0 Å². The van der Waals surface area contributed by atoms with Gasteiger partial charge in [0.25, 0.3) is 0 Å². The van der Waals surface area contributed by atoms with Crippen LogP contribution in [0.5, 0.6) is 0 Å². The SMILES string of the molecule is Cc1c(Cl)cccc1NC(=O)C1(C(=O)NCCc2ccc(Cl)cc2)CC1. The molecule has 136 valence electrons. The minimum absolute atomic E-state index is 0.219. The van der Waals surface area contributed by atoms with Crippen molar-refractivity contribution in [2.75, 3.05) is 11.9 Å². The number of halogens is 2. The van der Waals surface area contributed by atoms with E-state index in [9.17, 15) is 9.59 Å². The summed E-state index contributed by atoms with van der Waals surface area (Å²) < 4.78 is 0. The highest BCUT2D eigenvalue weighted by molar-refractivity contribution is 6.32. The molecule has 4 nitrogen and oxygen atoms in total. The van der Waals surface area contributed by atoms with E-state index >= 15 is 0 Å². The summed E-state index contributed by atoms with van der Waals surface area (Å²) in [5, 5.41) is 7.00. The second-order valence-electron chi connectivity index (χ2n) is 6.58. The summed E-state index contributed by atoms with van der Waals surface area (Å²) in [4.78, 5) is 25.2. The molecule has 0 unspecified atom stereocenters. The molecule has 0 aliphatic heterocycles. The van der Waals surface area contributed by atoms with Crippen molar-refractivity contribution in [2.24, 2.45) is 5.41 Å². The molecule has 2 aromatic rings. The van der Waals surface area contributed by atoms with Crippen LogP contribution >= 0.6 is 23.2 Å². The van der Waals surface area contributed by atoms with Crippen molar-refractivity contribution < 1.29 is 9.59 Å². The minimum atomic E-state index is -0.964. The lowest BCUT2D eigenvalue weighted by Gasteiger charge is -2.17. The first-order chi connectivity index (χ1) is 12.4. The van der Waals surface area contributed by atoms with Crippen molar-refractivity contribution in [1.82, 2.24) is 5.32 Å². The molecule has 1 aliphatic carbocycles. The largest absolute Gasteiger partial charge is 0.355 e. The molecule has 1 aliphatic rings. The zero-order chi connectivity index (χ0) is 18.7. The van der Waals surface area contributed by atoms with E-state index in [2.05, 4.69) is 10.6 Å². The van der Waals surface area contributed by atoms with Gasteiger partial charge in [0.2, 0.25) is 11.8 Å². The number of carbonyl (C=O) groups is 2. The molecule has 1 saturated carbocycles. The predicted molar refractivity (Wildman–Crippen MR) is 105 cm³/mol. The van der Waals surface area contributed by atoms with Gasteiger partial charge in [-0.2, -0.15) is 0 Å². The number of carbonyl (C=O) groups excluding carboxylic acids is 2. The van der Waals surface area contributed by atoms with Crippen LogP contribution in [0.15, 0.2) is 42.5 Å². The number of nitrogens with one attached hydrogen (secondary N) is 2. The third kappa shape index (κ3) is 4.02. The molecule has 6 heteroatoms. The molecule has 0 aromatic heterocycles. The van der Waals surface area contributed by atoms with Crippen LogP contribution in [0.25, 0.3) is 0 Å². The molecule has 0 heterocycles. The summed E-state index contributed by atoms with van der Waals surface area (Å²) in [5.41, 5.74) is 1.55. The summed E-state index contributed by atoms with van der Waals surface area (Å²) in [5.74, 6) is -0.490. The van der Waals surface area contributed by atoms with Crippen molar-refractivity contribution >= 4 is 40.7 Å². The Hall–Kier alpha value is -2.04. The predicted octanol–water partition coefficient (Wildman–Crippen LogP) is 4.38. The van der Waals surface area contributed by atoms with Gasteiger partial charge in [-0.15, -0.1) is 0 Å². The molecular weight excluding hydrogens is 371 g/mol. The topological polar surface area (TPSA) is 58.2 Å². The number of hydrogen-bond acceptors (Lipinski definition) is 2. The van der Waals surface area contributed by atoms with E-state index in [1.54, 1.807) is 18.2 Å². The molecule has 2 amide bonds. The van der Waals surface area contributed by atoms with Gasteiger partial charge in [0.1, 0.15) is 5.41 Å². The lowest BCUT2D eigenvalue weighted by atomic mass is 10.0. The van der Waals surface area contributed by atoms with E-state index in [4.69, 9.17) is 23.2 Å². The maximum absolute atomic E-state index is 12.6. The smallest absolute Gasteiger partial charge is 0.240 e. The maximum atomic E-state index is 12.6. The number of benzene rings is 2. The van der Waals surface area contributed by atoms with Crippen molar-refractivity contribution in [3.8, 4) is 0 Å². The molecular formula is C20H20Cl2N2O2. The van der Waals surface area contributed by atoms with Crippen LogP contribution < -0.4 is 10.6 Å². The van der Waals surface area contributed by atoms with Gasteiger partial charge in [-0.05, 0) is 61.6 Å². The molecule has 2 aromatic carbocycles. The van der Waals surface area contributed by atoms with E-state index in [1.807, 2.05) is 31.2 Å². The van der Waals surface area contributed by atoms with Gasteiger partial charge < -0.3 is 10.6 Å². The maximum Gasteiger partial charge on any atom is 0.240 e. The van der Waals surface area contributed by atoms with E-state index in [0.717, 1.165) is 11.1 Å². The van der Waals surface area contributed by atoms with Crippen molar-refractivity contribution in [3.63, 3.8) is 0 Å². The van der Waals surface area contributed by atoms with Crippen LogP contribution in [0.3, 0.4) is 0 Å². The average molecular weight is 391 g/mol. The lowest BCUT2D eigenvalue weighted by Crippen LogP contribution is -2.40. The fourth-order valence-electron chi connectivity index (χ4n) is 2.81. The summed E-state index contributed by atoms with van der Waals surface area (Å²) in [6.07, 6.45) is 1.81. The Balaban J connectivity index is 1.57. The Morgan fingerprint density at radius 3 is 2.38 bits per heavy atom. The molecule has 2 N–H and O–H groups in total. The highest BCUT2D eigenvalue weighted by atomic mass is 35.5. The molecule has 0 radical (unpaired) electrons. The van der Waals surface area contributed by atoms with Gasteiger partial charge in [-0.1, -0.05) is 41.4 Å². The molecule has 3 rings (SSSR count). The molecule has 1 fully saturated rings. The lowest BCUT2D eigenvalue weighted by molar-refractivity contribution is -0.134. The molecule has 26 heavy (non-hydrogen) atoms. The molecule has 0 saturated heterocycles. The second-order valence-corrected chi connectivity index (χ2v) is 7.42. The summed E-state index contributed by atoms with van der Waals surface area (Å²) in [7, 11) is 0. The normalized spacial score (nSPS) is 14.6. The van der Waals surface area contributed by atoms with Crippen molar-refractivity contribution in [1.29, 1.82) is 0 Å². The number of hydrogen-bond donors (Lipinski definition) is 2. The van der Waals surface area contributed by atoms with Gasteiger partial charge in [0.15, 0.2) is 0 Å².